The van der Waals surface area contributed by atoms with Crippen LogP contribution in [-0.4, -0.2) is 99.1 Å². The van der Waals surface area contributed by atoms with Gasteiger partial charge in [-0.05, 0) is 12.8 Å². The Labute approximate surface area is 217 Å². The Bertz CT molecular complexity index is 688. The van der Waals surface area contributed by atoms with Crippen LogP contribution in [0.2, 0.25) is 0 Å². The first-order valence-corrected chi connectivity index (χ1v) is 12.9. The summed E-state index contributed by atoms with van der Waals surface area (Å²) in [6.07, 6.45) is 5.30. The molecule has 0 saturated carbocycles. The van der Waals surface area contributed by atoms with Gasteiger partial charge in [0.2, 0.25) is 11.8 Å². The molecule has 37 heavy (non-hydrogen) atoms. The molecule has 0 aromatic rings. The summed E-state index contributed by atoms with van der Waals surface area (Å²) in [5.41, 5.74) is 0. The van der Waals surface area contributed by atoms with E-state index in [0.29, 0.717) is 51.0 Å². The van der Waals surface area contributed by atoms with Crippen LogP contribution in [0.3, 0.4) is 0 Å². The summed E-state index contributed by atoms with van der Waals surface area (Å²) in [4.78, 5) is 62.0. The maximum absolute atomic E-state index is 11.8. The van der Waals surface area contributed by atoms with Gasteiger partial charge in [0.25, 0.3) is 11.8 Å². The standard InChI is InChI=1S/C24H41N3O10/c28-13-9-21(30)25-11-5-3-1-2-4-6-20(29)26-12-15-35-17-19-36-18-16-34-14-10-24(33)37-27-22(31)7-8-23(27)32/h28H,1-19H2,(H,25,30)(H,26,29). The average Bonchev–Trinajstić information content (AvgIpc) is 3.18. The largest absolute Gasteiger partial charge is 0.396 e. The average molecular weight is 532 g/mol. The molecule has 0 bridgehead atoms. The molecule has 13 heteroatoms. The number of hydrogen-bond acceptors (Lipinski definition) is 10. The lowest BCUT2D eigenvalue weighted by atomic mass is 10.1. The van der Waals surface area contributed by atoms with Gasteiger partial charge >= 0.3 is 5.97 Å². The predicted octanol–water partition coefficient (Wildman–Crippen LogP) is -0.0111. The molecule has 1 fully saturated rings. The Morgan fingerprint density at radius 2 is 1.22 bits per heavy atom. The van der Waals surface area contributed by atoms with Crippen molar-refractivity contribution in [2.45, 2.75) is 64.2 Å². The lowest BCUT2D eigenvalue weighted by Gasteiger charge is -2.12. The monoisotopic (exact) mass is 531 g/mol. The molecule has 212 valence electrons. The highest BCUT2D eigenvalue weighted by molar-refractivity contribution is 6.01. The summed E-state index contributed by atoms with van der Waals surface area (Å²) >= 11 is 0. The van der Waals surface area contributed by atoms with Gasteiger partial charge in [-0.15, -0.1) is 5.06 Å². The van der Waals surface area contributed by atoms with Gasteiger partial charge in [-0.2, -0.15) is 0 Å². The Balaban J connectivity index is 1.79. The quantitative estimate of drug-likeness (QED) is 0.120. The molecular weight excluding hydrogens is 490 g/mol. The van der Waals surface area contributed by atoms with Crippen LogP contribution in [0.4, 0.5) is 0 Å². The molecule has 0 atom stereocenters. The fourth-order valence-corrected chi connectivity index (χ4v) is 3.21. The van der Waals surface area contributed by atoms with E-state index < -0.39 is 17.8 Å². The number of hydroxylamine groups is 2. The number of ether oxygens (including phenoxy) is 3. The van der Waals surface area contributed by atoms with Crippen LogP contribution in [0.5, 0.6) is 0 Å². The number of aliphatic hydroxyl groups is 1. The number of unbranched alkanes of at least 4 members (excludes halogenated alkanes) is 4. The lowest BCUT2D eigenvalue weighted by Crippen LogP contribution is -2.32. The number of carbonyl (C=O) groups excluding carboxylic acids is 5. The number of aliphatic hydroxyl groups excluding tert-OH is 1. The molecule has 3 N–H and O–H groups in total. The van der Waals surface area contributed by atoms with E-state index in [-0.39, 0.29) is 57.3 Å². The highest BCUT2D eigenvalue weighted by atomic mass is 16.7. The molecule has 13 nitrogen and oxygen atoms in total. The third-order valence-electron chi connectivity index (χ3n) is 5.20. The van der Waals surface area contributed by atoms with Crippen molar-refractivity contribution in [3.05, 3.63) is 0 Å². The van der Waals surface area contributed by atoms with Crippen molar-refractivity contribution in [1.82, 2.24) is 15.7 Å². The Hall–Kier alpha value is -2.61. The SMILES string of the molecule is O=C(CCO)NCCCCCCCC(=O)NCCOCCOCCOCCC(=O)ON1C(=O)CCC1=O. The molecule has 1 rings (SSSR count). The highest BCUT2D eigenvalue weighted by Gasteiger charge is 2.32. The summed E-state index contributed by atoms with van der Waals surface area (Å²) in [5.74, 6) is -1.88. The number of imide groups is 1. The van der Waals surface area contributed by atoms with Gasteiger partial charge in [0.05, 0.1) is 52.7 Å². The first-order valence-electron chi connectivity index (χ1n) is 12.9. The van der Waals surface area contributed by atoms with Crippen LogP contribution in [0.25, 0.3) is 0 Å². The maximum atomic E-state index is 11.8. The van der Waals surface area contributed by atoms with E-state index in [1.54, 1.807) is 0 Å². The van der Waals surface area contributed by atoms with Crippen LogP contribution in [0.1, 0.15) is 64.2 Å². The van der Waals surface area contributed by atoms with E-state index in [4.69, 9.17) is 24.2 Å². The minimum atomic E-state index is -0.709. The lowest BCUT2D eigenvalue weighted by molar-refractivity contribution is -0.198. The summed E-state index contributed by atoms with van der Waals surface area (Å²) in [6.45, 7) is 2.71. The molecule has 0 spiro atoms. The molecule has 0 aromatic carbocycles. The summed E-state index contributed by atoms with van der Waals surface area (Å²) in [6, 6.07) is 0. The summed E-state index contributed by atoms with van der Waals surface area (Å²) in [5, 5.41) is 14.7. The minimum Gasteiger partial charge on any atom is -0.396 e. The van der Waals surface area contributed by atoms with E-state index in [9.17, 15) is 24.0 Å². The molecule has 4 amide bonds. The normalized spacial score (nSPS) is 13.2. The molecule has 1 aliphatic heterocycles. The van der Waals surface area contributed by atoms with Gasteiger partial charge in [0.15, 0.2) is 0 Å². The van der Waals surface area contributed by atoms with Crippen molar-refractivity contribution in [1.29, 1.82) is 0 Å². The first kappa shape index (κ1) is 32.4. The zero-order chi connectivity index (χ0) is 27.1. The zero-order valence-corrected chi connectivity index (χ0v) is 21.5. The number of carbonyl (C=O) groups is 5. The number of nitrogens with one attached hydrogen (secondary N) is 2. The van der Waals surface area contributed by atoms with E-state index in [0.717, 1.165) is 32.1 Å². The van der Waals surface area contributed by atoms with Crippen molar-refractivity contribution in [2.75, 3.05) is 59.3 Å². The van der Waals surface area contributed by atoms with E-state index >= 15 is 0 Å². The summed E-state index contributed by atoms with van der Waals surface area (Å²) < 4.78 is 16.0. The number of rotatable bonds is 23. The molecule has 0 aromatic heterocycles. The fourth-order valence-electron chi connectivity index (χ4n) is 3.21. The number of hydrogen-bond donors (Lipinski definition) is 3. The zero-order valence-electron chi connectivity index (χ0n) is 21.5. The van der Waals surface area contributed by atoms with Gasteiger partial charge in [0.1, 0.15) is 0 Å². The van der Waals surface area contributed by atoms with E-state index in [1.165, 1.54) is 0 Å². The van der Waals surface area contributed by atoms with Crippen molar-refractivity contribution < 1.29 is 48.1 Å². The molecule has 1 aliphatic rings. The van der Waals surface area contributed by atoms with Crippen LogP contribution in [-0.2, 0) is 43.0 Å². The van der Waals surface area contributed by atoms with Crippen molar-refractivity contribution >= 4 is 29.6 Å². The second-order valence-corrected chi connectivity index (χ2v) is 8.32. The maximum Gasteiger partial charge on any atom is 0.335 e. The van der Waals surface area contributed by atoms with Gasteiger partial charge in [-0.25, -0.2) is 4.79 Å². The number of nitrogens with zero attached hydrogens (tertiary/aromatic N) is 1. The van der Waals surface area contributed by atoms with Crippen molar-refractivity contribution in [3.8, 4) is 0 Å². The third kappa shape index (κ3) is 17.5. The second-order valence-electron chi connectivity index (χ2n) is 8.32. The van der Waals surface area contributed by atoms with Crippen LogP contribution in [0, 0.1) is 0 Å². The highest BCUT2D eigenvalue weighted by Crippen LogP contribution is 2.12. The Kier molecular flexibility index (Phi) is 18.8. The molecule has 0 radical (unpaired) electrons. The molecule has 0 aliphatic carbocycles. The van der Waals surface area contributed by atoms with Gasteiger partial charge in [-0.1, -0.05) is 19.3 Å². The van der Waals surface area contributed by atoms with E-state index in [1.807, 2.05) is 0 Å². The third-order valence-corrected chi connectivity index (χ3v) is 5.20. The Morgan fingerprint density at radius 1 is 0.676 bits per heavy atom. The van der Waals surface area contributed by atoms with Gasteiger partial charge < -0.3 is 34.8 Å². The fraction of sp³-hybridized carbons (Fsp3) is 0.792. The van der Waals surface area contributed by atoms with Crippen LogP contribution < -0.4 is 10.6 Å². The van der Waals surface area contributed by atoms with Crippen molar-refractivity contribution in [3.63, 3.8) is 0 Å². The van der Waals surface area contributed by atoms with Crippen LogP contribution in [0.15, 0.2) is 0 Å². The van der Waals surface area contributed by atoms with E-state index in [2.05, 4.69) is 10.6 Å². The first-order chi connectivity index (χ1) is 17.9. The molecule has 0 unspecified atom stereocenters. The van der Waals surface area contributed by atoms with Crippen LogP contribution >= 0.6 is 0 Å². The minimum absolute atomic E-state index is 0.00391. The Morgan fingerprint density at radius 3 is 1.89 bits per heavy atom. The molecular formula is C24H41N3O10. The second kappa shape index (κ2) is 21.5. The van der Waals surface area contributed by atoms with Crippen molar-refractivity contribution in [2.24, 2.45) is 0 Å². The topological polar surface area (TPSA) is 170 Å². The van der Waals surface area contributed by atoms with Gasteiger partial charge in [-0.3, -0.25) is 19.2 Å². The molecule has 1 heterocycles. The smallest absolute Gasteiger partial charge is 0.335 e. The number of amides is 4. The molecule has 1 saturated heterocycles. The predicted molar refractivity (Wildman–Crippen MR) is 130 cm³/mol. The summed E-state index contributed by atoms with van der Waals surface area (Å²) in [7, 11) is 0. The van der Waals surface area contributed by atoms with Gasteiger partial charge in [0, 0.05) is 38.8 Å².